The van der Waals surface area contributed by atoms with Gasteiger partial charge >= 0.3 is 8.56 Å². The minimum atomic E-state index is -2.45. The Morgan fingerprint density at radius 3 is 0.964 bits per heavy atom. The Balaban J connectivity index is -0.0000000544. The molecule has 0 amide bonds. The first kappa shape index (κ1) is 44.3. The molecule has 0 saturated carbocycles. The van der Waals surface area contributed by atoms with Crippen LogP contribution >= 0.6 is 0 Å². The maximum atomic E-state index is 7.32. The van der Waals surface area contributed by atoms with Gasteiger partial charge in [0.15, 0.2) is 16.6 Å². The molecule has 0 unspecified atom stereocenters. The molecule has 0 radical (unpaired) electrons. The zero-order valence-corrected chi connectivity index (χ0v) is 42.5. The van der Waals surface area contributed by atoms with Gasteiger partial charge in [0.25, 0.3) is 0 Å². The van der Waals surface area contributed by atoms with Gasteiger partial charge in [-0.15, -0.1) is 0 Å². The van der Waals surface area contributed by atoms with Crippen molar-refractivity contribution < 1.29 is 12.7 Å². The van der Waals surface area contributed by atoms with E-state index in [2.05, 4.69) is 50.4 Å². The summed E-state index contributed by atoms with van der Waals surface area (Å²) in [5.74, 6) is 2.00. The maximum absolute atomic E-state index is 7.32. The second-order valence-electron chi connectivity index (χ2n) is 7.59. The molecular weight excluding hydrogens is 1190 g/mol. The zero-order valence-electron chi connectivity index (χ0n) is 19.3. The molecule has 3 nitrogen and oxygen atoms in total. The summed E-state index contributed by atoms with van der Waals surface area (Å²) >= 11 is 0. The van der Waals surface area contributed by atoms with Gasteiger partial charge in [0, 0.05) is 7.11 Å². The predicted octanol–water partition coefficient (Wildman–Crippen LogP) is 3.00. The van der Waals surface area contributed by atoms with Gasteiger partial charge in [-0.1, -0.05) is 0 Å². The van der Waals surface area contributed by atoms with E-state index in [1.807, 2.05) is 25.6 Å². The molecular formula is C17H37O3Rf3Si5-3. The third-order valence-corrected chi connectivity index (χ3v) is 12.1. The summed E-state index contributed by atoms with van der Waals surface area (Å²) in [5, 5.41) is 0. The molecule has 0 aromatic rings. The molecule has 28 heavy (non-hydrogen) atoms. The molecule has 0 fully saturated rings. The van der Waals surface area contributed by atoms with E-state index in [4.69, 9.17) is 31.9 Å². The number of rotatable bonds is 5. The van der Waals surface area contributed by atoms with Crippen LogP contribution in [0.3, 0.4) is 0 Å². The minimum Gasteiger partial charge on any atom is -0.699 e. The van der Waals surface area contributed by atoms with E-state index in [1.165, 1.54) is 0 Å². The molecule has 0 aromatic heterocycles. The van der Waals surface area contributed by atoms with E-state index in [0.29, 0.717) is 0 Å². The van der Waals surface area contributed by atoms with Crippen LogP contribution in [0.4, 0.5) is 0 Å². The Hall–Kier alpha value is -3.36. The largest absolute Gasteiger partial charge is 0.699 e. The van der Waals surface area contributed by atoms with Crippen molar-refractivity contribution in [1.82, 2.24) is 0 Å². The van der Waals surface area contributed by atoms with Crippen molar-refractivity contribution in [2.24, 2.45) is 0 Å². The molecule has 0 saturated heterocycles. The van der Waals surface area contributed by atoms with Crippen LogP contribution in [-0.4, -0.2) is 51.6 Å². The Morgan fingerprint density at radius 1 is 0.643 bits per heavy atom. The molecule has 0 spiro atoms. The molecule has 0 aliphatic heterocycles. The Morgan fingerprint density at radius 2 is 0.893 bits per heavy atom. The van der Waals surface area contributed by atoms with Crippen molar-refractivity contribution in [3.05, 3.63) is 19.3 Å². The van der Waals surface area contributed by atoms with Gasteiger partial charge < -0.3 is 48.9 Å². The summed E-state index contributed by atoms with van der Waals surface area (Å²) in [6, 6.07) is 0. The first-order valence-electron chi connectivity index (χ1n) is 7.68. The minimum absolute atomic E-state index is 0. The van der Waals surface area contributed by atoms with Crippen molar-refractivity contribution in [1.29, 1.82) is 0 Å². The Bertz CT molecular complexity index is 469. The van der Waals surface area contributed by atoms with Crippen molar-refractivity contribution in [2.75, 3.05) is 7.11 Å². The second-order valence-corrected chi connectivity index (χ2v) is 23.5. The van der Waals surface area contributed by atoms with Gasteiger partial charge in [0.1, 0.15) is 0 Å². The van der Waals surface area contributed by atoms with Crippen molar-refractivity contribution in [2.45, 2.75) is 65.8 Å². The fraction of sp³-hybridized carbons (Fsp3) is 0.647. The first-order chi connectivity index (χ1) is 10.5. The molecule has 0 aliphatic rings. The molecule has 0 bridgehead atoms. The van der Waals surface area contributed by atoms with E-state index in [9.17, 15) is 0 Å². The van der Waals surface area contributed by atoms with Crippen LogP contribution in [0.25, 0.3) is 0 Å². The molecule has 0 rings (SSSR count). The van der Waals surface area contributed by atoms with Crippen molar-refractivity contribution in [3.63, 3.8) is 0 Å². The van der Waals surface area contributed by atoms with Gasteiger partial charge in [-0.2, -0.15) is 0 Å². The van der Waals surface area contributed by atoms with E-state index < -0.39 is 33.5 Å². The molecule has 11 heteroatoms. The Kier molecular flexibility index (Phi) is 27.0. The monoisotopic (exact) mass is 1230 g/mol. The van der Waals surface area contributed by atoms with E-state index in [1.54, 1.807) is 14.0 Å². The summed E-state index contributed by atoms with van der Waals surface area (Å²) in [5.41, 5.74) is 4.86. The molecule has 0 atom stereocenters. The third-order valence-electron chi connectivity index (χ3n) is 2.04. The van der Waals surface area contributed by atoms with E-state index in [0.717, 1.165) is 0 Å². The summed E-state index contributed by atoms with van der Waals surface area (Å²) in [6.45, 7) is 20.0. The van der Waals surface area contributed by atoms with Gasteiger partial charge in [-0.25, -0.2) is 0 Å². The molecule has 0 aliphatic carbocycles. The van der Waals surface area contributed by atoms with Crippen LogP contribution in [0.5, 0.6) is 0 Å². The van der Waals surface area contributed by atoms with Crippen LogP contribution < -0.4 is 0 Å². The standard InChI is InChI=1S/C9H21O2Si3.C5H9OSi.C3H3.3Rf.H4Si/c1-9-14(8,10-12(2,3)4)11-13(5,6)7;1-5-7(3,4)6-2;1-3-2;;;;/h2-8H3;2-4H3;1H3;;;;1H4/q3*-1;;;;. The Labute approximate surface area is 166 Å². The predicted molar refractivity (Wildman–Crippen MR) is 123 cm³/mol. The van der Waals surface area contributed by atoms with E-state index >= 15 is 0 Å². The molecule has 0 N–H and O–H groups in total. The van der Waals surface area contributed by atoms with Gasteiger partial charge in [-0.05, 0) is 76.8 Å². The maximum Gasteiger partial charge on any atom is 0.357 e. The normalized spacial score (nSPS) is 9.86. The first-order valence-corrected chi connectivity index (χ1v) is 19.7. The average Bonchev–Trinajstić information content (AvgIpc) is 2.36. The van der Waals surface area contributed by atoms with E-state index in [-0.39, 0.29) is 11.0 Å². The van der Waals surface area contributed by atoms with Crippen LogP contribution in [0.1, 0.15) is 6.92 Å². The second kappa shape index (κ2) is 17.1. The summed E-state index contributed by atoms with van der Waals surface area (Å²) in [7, 11) is -5.84. The zero-order chi connectivity index (χ0) is 20.2. The third kappa shape index (κ3) is 34.1. The van der Waals surface area contributed by atoms with Crippen LogP contribution in [0, 0.1) is 36.3 Å². The fourth-order valence-electron chi connectivity index (χ4n) is 1.29. The number of hydrogen-bond donors (Lipinski definition) is 0. The number of hydrogen-bond acceptors (Lipinski definition) is 3. The smallest absolute Gasteiger partial charge is 0.357 e. The molecule has 152 valence electrons. The van der Waals surface area contributed by atoms with Crippen LogP contribution in [0.15, 0.2) is 0 Å². The summed E-state index contributed by atoms with van der Waals surface area (Å²) in [4.78, 5) is 0. The molecule has 0 heterocycles. The molecule has 0 aromatic carbocycles. The summed E-state index contributed by atoms with van der Waals surface area (Å²) < 4.78 is 16.8. The summed E-state index contributed by atoms with van der Waals surface area (Å²) in [6.07, 6.45) is 20.0. The van der Waals surface area contributed by atoms with Crippen LogP contribution in [0.2, 0.25) is 58.9 Å². The topological polar surface area (TPSA) is 27.7 Å². The van der Waals surface area contributed by atoms with Gasteiger partial charge in [0.2, 0.25) is 8.32 Å². The van der Waals surface area contributed by atoms with Crippen LogP contribution in [-0.2, 0) is 12.7 Å². The average molecular weight is 1230 g/mol. The van der Waals surface area contributed by atoms with Crippen molar-refractivity contribution >= 4 is 44.5 Å². The fourth-order valence-corrected chi connectivity index (χ4v) is 11.7. The SMILES string of the molecule is [C-]#CC.[C-]#C[Si](C)(C)OC.[C-]#C[Si](C)(O[Si](C)(C)C)O[Si](C)(C)C.[Rf].[Rf].[Rf].[SiH4]. The van der Waals surface area contributed by atoms with Crippen molar-refractivity contribution in [3.8, 4) is 17.0 Å². The quantitative estimate of drug-likeness (QED) is 0.241. The van der Waals surface area contributed by atoms with Gasteiger partial charge in [-0.3, -0.25) is 0 Å². The van der Waals surface area contributed by atoms with Gasteiger partial charge in [0.05, 0.1) is 0 Å².